The predicted octanol–water partition coefficient (Wildman–Crippen LogP) is 2.52. The van der Waals surface area contributed by atoms with Crippen LogP contribution in [-0.4, -0.2) is 23.1 Å². The topological polar surface area (TPSA) is 51.2 Å². The summed E-state index contributed by atoms with van der Waals surface area (Å²) in [5, 5.41) is 4.26. The molecule has 0 aromatic carbocycles. The minimum atomic E-state index is -0.330. The van der Waals surface area contributed by atoms with Crippen molar-refractivity contribution in [2.45, 2.75) is 46.7 Å². The molecule has 1 aromatic heterocycles. The lowest BCUT2D eigenvalue weighted by atomic mass is 10.1. The lowest BCUT2D eigenvalue weighted by Crippen LogP contribution is -2.35. The average molecular weight is 256 g/mol. The number of hydrogen-bond acceptors (Lipinski definition) is 5. The summed E-state index contributed by atoms with van der Waals surface area (Å²) in [4.78, 5) is 16.8. The number of aryl methyl sites for hydroxylation is 1. The van der Waals surface area contributed by atoms with Crippen LogP contribution < -0.4 is 5.32 Å². The largest absolute Gasteiger partial charge is 0.461 e. The summed E-state index contributed by atoms with van der Waals surface area (Å²) < 4.78 is 4.95. The summed E-state index contributed by atoms with van der Waals surface area (Å²) in [6.45, 7) is 11.0. The Bertz CT molecular complexity index is 394. The van der Waals surface area contributed by atoms with Crippen LogP contribution in [0.5, 0.6) is 0 Å². The second-order valence-corrected chi connectivity index (χ2v) is 6.12. The highest BCUT2D eigenvalue weighted by atomic mass is 32.1. The number of hydrogen-bond donors (Lipinski definition) is 1. The summed E-state index contributed by atoms with van der Waals surface area (Å²) in [5.74, 6) is -0.330. The first-order valence-electron chi connectivity index (χ1n) is 5.72. The number of aromatic nitrogens is 1. The van der Waals surface area contributed by atoms with Gasteiger partial charge < -0.3 is 10.1 Å². The summed E-state index contributed by atoms with van der Waals surface area (Å²) in [6.07, 6.45) is 0. The number of esters is 1. The first-order valence-corrected chi connectivity index (χ1v) is 6.53. The molecule has 0 fully saturated rings. The van der Waals surface area contributed by atoms with Crippen LogP contribution in [0.4, 0.5) is 0 Å². The molecular weight excluding hydrogens is 236 g/mol. The molecule has 0 atom stereocenters. The summed E-state index contributed by atoms with van der Waals surface area (Å²) >= 11 is 1.53. The Morgan fingerprint density at radius 1 is 1.47 bits per heavy atom. The molecule has 0 unspecified atom stereocenters. The van der Waals surface area contributed by atoms with Crippen molar-refractivity contribution in [3.63, 3.8) is 0 Å². The van der Waals surface area contributed by atoms with Gasteiger partial charge in [0.25, 0.3) is 0 Å². The lowest BCUT2D eigenvalue weighted by Gasteiger charge is -2.19. The van der Waals surface area contributed by atoms with Crippen molar-refractivity contribution in [3.05, 3.63) is 15.6 Å². The van der Waals surface area contributed by atoms with Crippen molar-refractivity contribution in [2.24, 2.45) is 0 Å². The smallest absolute Gasteiger partial charge is 0.358 e. The van der Waals surface area contributed by atoms with Gasteiger partial charge in [-0.15, -0.1) is 11.3 Å². The van der Waals surface area contributed by atoms with E-state index in [-0.39, 0.29) is 11.5 Å². The van der Waals surface area contributed by atoms with Gasteiger partial charge in [0.2, 0.25) is 0 Å². The van der Waals surface area contributed by atoms with Gasteiger partial charge in [-0.2, -0.15) is 0 Å². The van der Waals surface area contributed by atoms with Crippen molar-refractivity contribution in [2.75, 3.05) is 6.61 Å². The monoisotopic (exact) mass is 256 g/mol. The Balaban J connectivity index is 2.71. The molecule has 1 aromatic rings. The Labute approximate surface area is 106 Å². The maximum atomic E-state index is 11.6. The third-order valence-electron chi connectivity index (χ3n) is 2.08. The third kappa shape index (κ3) is 4.44. The zero-order chi connectivity index (χ0) is 13.1. The minimum absolute atomic E-state index is 0.0453. The average Bonchev–Trinajstić information content (AvgIpc) is 2.56. The van der Waals surface area contributed by atoms with Crippen LogP contribution >= 0.6 is 11.3 Å². The van der Waals surface area contributed by atoms with Crippen LogP contribution in [0, 0.1) is 6.92 Å². The van der Waals surface area contributed by atoms with E-state index in [9.17, 15) is 4.79 Å². The zero-order valence-electron chi connectivity index (χ0n) is 11.1. The molecule has 0 saturated heterocycles. The normalized spacial score (nSPS) is 11.6. The van der Waals surface area contributed by atoms with E-state index in [0.717, 1.165) is 9.88 Å². The number of rotatable bonds is 4. The van der Waals surface area contributed by atoms with Gasteiger partial charge in [-0.05, 0) is 34.6 Å². The standard InChI is InChI=1S/C12H20N2O2S/c1-6-16-11(15)10-8(2)17-9(14-10)7-13-12(3,4)5/h13H,6-7H2,1-5H3. The van der Waals surface area contributed by atoms with E-state index in [1.807, 2.05) is 6.92 Å². The van der Waals surface area contributed by atoms with Gasteiger partial charge in [0.15, 0.2) is 5.69 Å². The van der Waals surface area contributed by atoms with E-state index >= 15 is 0 Å². The van der Waals surface area contributed by atoms with Crippen molar-refractivity contribution < 1.29 is 9.53 Å². The summed E-state index contributed by atoms with van der Waals surface area (Å²) in [7, 11) is 0. The van der Waals surface area contributed by atoms with E-state index in [0.29, 0.717) is 18.8 Å². The SMILES string of the molecule is CCOC(=O)c1nc(CNC(C)(C)C)sc1C. The molecule has 0 aliphatic carbocycles. The van der Waals surface area contributed by atoms with Gasteiger partial charge in [-0.25, -0.2) is 9.78 Å². The summed E-state index contributed by atoms with van der Waals surface area (Å²) in [6, 6.07) is 0. The molecule has 0 bridgehead atoms. The Hall–Kier alpha value is -0.940. The highest BCUT2D eigenvalue weighted by Crippen LogP contribution is 2.18. The van der Waals surface area contributed by atoms with E-state index in [1.165, 1.54) is 11.3 Å². The van der Waals surface area contributed by atoms with Gasteiger partial charge in [-0.1, -0.05) is 0 Å². The van der Waals surface area contributed by atoms with E-state index < -0.39 is 0 Å². The summed E-state index contributed by atoms with van der Waals surface area (Å²) in [5.41, 5.74) is 0.492. The molecule has 1 N–H and O–H groups in total. The van der Waals surface area contributed by atoms with Crippen LogP contribution in [0.3, 0.4) is 0 Å². The van der Waals surface area contributed by atoms with Gasteiger partial charge in [0.1, 0.15) is 5.01 Å². The molecule has 17 heavy (non-hydrogen) atoms. The molecule has 0 saturated carbocycles. The van der Waals surface area contributed by atoms with Gasteiger partial charge in [0.05, 0.1) is 6.61 Å². The quantitative estimate of drug-likeness (QED) is 0.841. The molecule has 0 amide bonds. The first-order chi connectivity index (χ1) is 7.83. The molecule has 0 radical (unpaired) electrons. The maximum absolute atomic E-state index is 11.6. The highest BCUT2D eigenvalue weighted by Gasteiger charge is 2.17. The number of carbonyl (C=O) groups excluding carboxylic acids is 1. The fraction of sp³-hybridized carbons (Fsp3) is 0.667. The Kier molecular flexibility index (Phi) is 4.65. The second-order valence-electron chi connectivity index (χ2n) is 4.84. The molecule has 5 heteroatoms. The van der Waals surface area contributed by atoms with Gasteiger partial charge in [0, 0.05) is 17.0 Å². The van der Waals surface area contributed by atoms with E-state index in [4.69, 9.17) is 4.74 Å². The molecule has 0 aliphatic rings. The number of carbonyl (C=O) groups is 1. The molecule has 1 heterocycles. The molecule has 96 valence electrons. The maximum Gasteiger partial charge on any atom is 0.358 e. The lowest BCUT2D eigenvalue weighted by molar-refractivity contribution is 0.0519. The van der Waals surface area contributed by atoms with Crippen molar-refractivity contribution >= 4 is 17.3 Å². The molecule has 1 rings (SSSR count). The van der Waals surface area contributed by atoms with Crippen molar-refractivity contribution in [3.8, 4) is 0 Å². The van der Waals surface area contributed by atoms with Crippen LogP contribution in [0.25, 0.3) is 0 Å². The highest BCUT2D eigenvalue weighted by molar-refractivity contribution is 7.11. The fourth-order valence-electron chi connectivity index (χ4n) is 1.26. The van der Waals surface area contributed by atoms with Crippen molar-refractivity contribution in [1.29, 1.82) is 0 Å². The second kappa shape index (κ2) is 5.60. The fourth-order valence-corrected chi connectivity index (χ4v) is 2.12. The van der Waals surface area contributed by atoms with Gasteiger partial charge in [-0.3, -0.25) is 0 Å². The first kappa shape index (κ1) is 14.1. The Morgan fingerprint density at radius 3 is 2.65 bits per heavy atom. The Morgan fingerprint density at radius 2 is 2.12 bits per heavy atom. The molecule has 0 spiro atoms. The number of nitrogens with one attached hydrogen (secondary N) is 1. The predicted molar refractivity (Wildman–Crippen MR) is 69.4 cm³/mol. The molecule has 0 aliphatic heterocycles. The third-order valence-corrected chi connectivity index (χ3v) is 3.05. The van der Waals surface area contributed by atoms with Crippen LogP contribution in [-0.2, 0) is 11.3 Å². The van der Waals surface area contributed by atoms with Crippen LogP contribution in [0.2, 0.25) is 0 Å². The van der Waals surface area contributed by atoms with Crippen LogP contribution in [0.15, 0.2) is 0 Å². The molecule has 4 nitrogen and oxygen atoms in total. The zero-order valence-corrected chi connectivity index (χ0v) is 11.9. The van der Waals surface area contributed by atoms with Crippen molar-refractivity contribution in [1.82, 2.24) is 10.3 Å². The van der Waals surface area contributed by atoms with Gasteiger partial charge >= 0.3 is 5.97 Å². The van der Waals surface area contributed by atoms with E-state index in [1.54, 1.807) is 6.92 Å². The molecular formula is C12H20N2O2S. The number of ether oxygens (including phenoxy) is 1. The van der Waals surface area contributed by atoms with Crippen LogP contribution in [0.1, 0.15) is 48.1 Å². The number of nitrogens with zero attached hydrogens (tertiary/aromatic N) is 1. The minimum Gasteiger partial charge on any atom is -0.461 e. The van der Waals surface area contributed by atoms with E-state index in [2.05, 4.69) is 31.1 Å². The number of thiazole rings is 1.